The van der Waals surface area contributed by atoms with Crippen LogP contribution in [-0.2, 0) is 28.6 Å². The first kappa shape index (κ1) is 25.6. The van der Waals surface area contributed by atoms with Crippen LogP contribution in [0.4, 0.5) is 4.79 Å². The topological polar surface area (TPSA) is 120 Å². The average Bonchev–Trinajstić information content (AvgIpc) is 3.02. The van der Waals surface area contributed by atoms with Crippen molar-refractivity contribution in [1.29, 1.82) is 0 Å². The third kappa shape index (κ3) is 11.3. The number of carbonyl (C=O) groups is 4. The predicted octanol–water partition coefficient (Wildman–Crippen LogP) is 2.20. The molecule has 1 N–H and O–H groups in total. The number of hydrogen-bond acceptors (Lipinski definition) is 8. The Morgan fingerprint density at radius 2 is 1.79 bits per heavy atom. The zero-order valence-electron chi connectivity index (χ0n) is 17.8. The van der Waals surface area contributed by atoms with E-state index in [1.165, 1.54) is 21.1 Å². The Morgan fingerprint density at radius 1 is 1.18 bits per heavy atom. The molecule has 1 amide bonds. The summed E-state index contributed by atoms with van der Waals surface area (Å²) >= 11 is 0. The Bertz CT molecular complexity index is 594. The fraction of sp³-hybridized carbons (Fsp3) is 0.737. The van der Waals surface area contributed by atoms with Gasteiger partial charge in [0, 0.05) is 12.1 Å². The minimum atomic E-state index is -0.867. The van der Waals surface area contributed by atoms with Gasteiger partial charge in [0.05, 0.1) is 14.2 Å². The lowest BCUT2D eigenvalue weighted by Gasteiger charge is -2.22. The van der Waals surface area contributed by atoms with Crippen molar-refractivity contribution in [3.63, 3.8) is 0 Å². The second-order valence-electron chi connectivity index (χ2n) is 7.40. The van der Waals surface area contributed by atoms with Gasteiger partial charge in [-0.1, -0.05) is 0 Å². The summed E-state index contributed by atoms with van der Waals surface area (Å²) in [5.41, 5.74) is 0.404. The summed E-state index contributed by atoms with van der Waals surface area (Å²) in [4.78, 5) is 48.7. The number of rotatable bonds is 6. The average molecular weight is 400 g/mol. The zero-order valence-corrected chi connectivity index (χ0v) is 17.8. The Labute approximate surface area is 166 Å². The Hall–Kier alpha value is -2.45. The van der Waals surface area contributed by atoms with Crippen molar-refractivity contribution in [3.05, 3.63) is 0 Å². The highest BCUT2D eigenvalue weighted by Gasteiger charge is 2.25. The van der Waals surface area contributed by atoms with Gasteiger partial charge in [-0.3, -0.25) is 4.99 Å². The molecule has 1 rings (SSSR count). The number of nitrogens with zero attached hydrogens (tertiary/aromatic N) is 1. The van der Waals surface area contributed by atoms with E-state index >= 15 is 0 Å². The van der Waals surface area contributed by atoms with Crippen molar-refractivity contribution in [2.45, 2.75) is 78.0 Å². The highest BCUT2D eigenvalue weighted by atomic mass is 16.6. The molecule has 1 aliphatic heterocycles. The van der Waals surface area contributed by atoms with Crippen molar-refractivity contribution in [2.24, 2.45) is 4.99 Å². The number of Topliss-reactive ketones (excluding diaryl/α,β-unsaturated/α-hetero) is 1. The van der Waals surface area contributed by atoms with Crippen molar-refractivity contribution in [1.82, 2.24) is 5.32 Å². The summed E-state index contributed by atoms with van der Waals surface area (Å²) in [7, 11) is 2.62. The molecule has 0 saturated heterocycles. The van der Waals surface area contributed by atoms with Gasteiger partial charge >= 0.3 is 18.0 Å². The van der Waals surface area contributed by atoms with E-state index in [4.69, 9.17) is 4.74 Å². The molecule has 0 fully saturated rings. The molecule has 0 saturated carbocycles. The Kier molecular flexibility index (Phi) is 11.0. The van der Waals surface area contributed by atoms with Crippen molar-refractivity contribution in [3.8, 4) is 0 Å². The Morgan fingerprint density at radius 3 is 2.18 bits per heavy atom. The van der Waals surface area contributed by atoms with E-state index in [1.54, 1.807) is 20.8 Å². The minimum absolute atomic E-state index is 0.0603. The van der Waals surface area contributed by atoms with Crippen LogP contribution in [0.2, 0.25) is 0 Å². The summed E-state index contributed by atoms with van der Waals surface area (Å²) < 4.78 is 14.1. The number of amides is 1. The lowest BCUT2D eigenvalue weighted by atomic mass is 10.1. The molecule has 0 aliphatic carbocycles. The van der Waals surface area contributed by atoms with Gasteiger partial charge in [-0.2, -0.15) is 0 Å². The molecule has 0 unspecified atom stereocenters. The SMILES string of the molecule is COC(=O)[C@@H]1CCC(C)=N1.COC(=O)[C@H](CCC(C)=O)NC(=O)OC(C)(C)C. The van der Waals surface area contributed by atoms with Gasteiger partial charge in [0.25, 0.3) is 0 Å². The van der Waals surface area contributed by atoms with Crippen LogP contribution in [0.15, 0.2) is 4.99 Å². The number of methoxy groups -OCH3 is 2. The standard InChI is InChI=1S/C12H21NO5.C7H11NO2/c1-8(14)6-7-9(10(15)17-5)13-11(16)18-12(2,3)4;1-5-3-4-6(8-5)7(9)10-2/h9H,6-7H2,1-5H3,(H,13,16);6H,3-4H2,1-2H3/t9-;6-/m00/s1. The van der Waals surface area contributed by atoms with Crippen LogP contribution in [0.1, 0.15) is 60.3 Å². The highest BCUT2D eigenvalue weighted by molar-refractivity contribution is 5.89. The molecule has 160 valence electrons. The van der Waals surface area contributed by atoms with E-state index in [0.717, 1.165) is 18.6 Å². The highest BCUT2D eigenvalue weighted by Crippen LogP contribution is 2.13. The van der Waals surface area contributed by atoms with E-state index in [9.17, 15) is 19.2 Å². The molecule has 0 spiro atoms. The van der Waals surface area contributed by atoms with E-state index < -0.39 is 23.7 Å². The molecule has 0 aromatic carbocycles. The van der Waals surface area contributed by atoms with Gasteiger partial charge in [0.2, 0.25) is 0 Å². The van der Waals surface area contributed by atoms with Crippen LogP contribution in [0.25, 0.3) is 0 Å². The van der Waals surface area contributed by atoms with Crippen LogP contribution in [0.3, 0.4) is 0 Å². The predicted molar refractivity (Wildman–Crippen MR) is 103 cm³/mol. The first-order chi connectivity index (χ1) is 12.9. The molecule has 1 heterocycles. The maximum Gasteiger partial charge on any atom is 0.408 e. The minimum Gasteiger partial charge on any atom is -0.467 e. The normalized spacial score (nSPS) is 16.7. The van der Waals surface area contributed by atoms with Gasteiger partial charge in [0.1, 0.15) is 23.5 Å². The first-order valence-electron chi connectivity index (χ1n) is 9.07. The van der Waals surface area contributed by atoms with Gasteiger partial charge in [-0.25, -0.2) is 14.4 Å². The van der Waals surface area contributed by atoms with Crippen LogP contribution < -0.4 is 5.32 Å². The van der Waals surface area contributed by atoms with Crippen molar-refractivity contribution in [2.75, 3.05) is 14.2 Å². The maximum absolute atomic E-state index is 11.5. The van der Waals surface area contributed by atoms with Crippen molar-refractivity contribution < 1.29 is 33.4 Å². The summed E-state index contributed by atoms with van der Waals surface area (Å²) in [6.45, 7) is 8.50. The third-order valence-electron chi connectivity index (χ3n) is 3.59. The van der Waals surface area contributed by atoms with E-state index in [1.807, 2.05) is 6.92 Å². The number of ether oxygens (including phenoxy) is 3. The van der Waals surface area contributed by atoms with Crippen LogP contribution in [0.5, 0.6) is 0 Å². The molecule has 1 aliphatic rings. The molecule has 0 bridgehead atoms. The molecule has 0 aromatic heterocycles. The molecular weight excluding hydrogens is 368 g/mol. The lowest BCUT2D eigenvalue weighted by Crippen LogP contribution is -2.44. The first-order valence-corrected chi connectivity index (χ1v) is 9.07. The number of nitrogens with one attached hydrogen (secondary N) is 1. The van der Waals surface area contributed by atoms with Crippen LogP contribution >= 0.6 is 0 Å². The number of hydrogen-bond donors (Lipinski definition) is 1. The zero-order chi connectivity index (χ0) is 21.9. The van der Waals surface area contributed by atoms with E-state index in [-0.39, 0.29) is 30.6 Å². The summed E-state index contributed by atoms with van der Waals surface area (Å²) in [5, 5.41) is 2.39. The number of esters is 2. The summed E-state index contributed by atoms with van der Waals surface area (Å²) in [5.74, 6) is -0.867. The summed E-state index contributed by atoms with van der Waals surface area (Å²) in [6, 6.07) is -1.08. The lowest BCUT2D eigenvalue weighted by molar-refractivity contribution is -0.143. The number of ketones is 1. The molecule has 0 radical (unpaired) electrons. The third-order valence-corrected chi connectivity index (χ3v) is 3.59. The van der Waals surface area contributed by atoms with Gasteiger partial charge in [0.15, 0.2) is 0 Å². The number of carbonyl (C=O) groups excluding carboxylic acids is 4. The number of alkyl carbamates (subject to hydrolysis) is 1. The molecule has 0 aromatic rings. The van der Waals surface area contributed by atoms with E-state index in [0.29, 0.717) is 0 Å². The monoisotopic (exact) mass is 400 g/mol. The molecule has 2 atom stereocenters. The van der Waals surface area contributed by atoms with Crippen molar-refractivity contribution >= 4 is 29.5 Å². The largest absolute Gasteiger partial charge is 0.467 e. The Balaban J connectivity index is 0.000000609. The molecule has 9 nitrogen and oxygen atoms in total. The fourth-order valence-corrected chi connectivity index (χ4v) is 2.24. The quantitative estimate of drug-likeness (QED) is 0.536. The van der Waals surface area contributed by atoms with Crippen LogP contribution in [-0.4, -0.2) is 61.4 Å². The molecule has 28 heavy (non-hydrogen) atoms. The maximum atomic E-state index is 11.5. The molecule has 9 heteroatoms. The number of aliphatic imine (C=N–C) groups is 1. The molecular formula is C19H32N2O7. The smallest absolute Gasteiger partial charge is 0.408 e. The van der Waals surface area contributed by atoms with Crippen LogP contribution in [0, 0.1) is 0 Å². The van der Waals surface area contributed by atoms with Gasteiger partial charge < -0.3 is 24.3 Å². The fourth-order valence-electron chi connectivity index (χ4n) is 2.24. The second-order valence-corrected chi connectivity index (χ2v) is 7.40. The van der Waals surface area contributed by atoms with E-state index in [2.05, 4.69) is 19.8 Å². The van der Waals surface area contributed by atoms with Gasteiger partial charge in [-0.15, -0.1) is 0 Å². The second kappa shape index (κ2) is 12.1. The van der Waals surface area contributed by atoms with Gasteiger partial charge in [-0.05, 0) is 53.9 Å². The summed E-state index contributed by atoms with van der Waals surface area (Å²) in [6.07, 6.45) is 1.43.